The van der Waals surface area contributed by atoms with Crippen molar-refractivity contribution in [2.24, 2.45) is 0 Å². The largest absolute Gasteiger partial charge is 0.305 e. The fraction of sp³-hybridized carbons (Fsp3) is 0.273. The van der Waals surface area contributed by atoms with Crippen LogP contribution in [0.5, 0.6) is 0 Å². The third kappa shape index (κ3) is 4.84. The van der Waals surface area contributed by atoms with Gasteiger partial charge in [-0.1, -0.05) is 36.0 Å². The molecule has 1 rings (SSSR count). The van der Waals surface area contributed by atoms with Gasteiger partial charge in [0, 0.05) is 6.54 Å². The molecule has 1 radical (unpaired) electrons. The van der Waals surface area contributed by atoms with Crippen LogP contribution in [0.4, 0.5) is 0 Å². The molecule has 0 fully saturated rings. The molecule has 1 aromatic carbocycles. The lowest BCUT2D eigenvalue weighted by atomic mass is 10.1. The van der Waals surface area contributed by atoms with Crippen molar-refractivity contribution >= 4 is 35.7 Å². The molecule has 0 bridgehead atoms. The molecule has 0 amide bonds. The molecular formula is C11H14Cl2NSi. The zero-order valence-corrected chi connectivity index (χ0v) is 11.4. The van der Waals surface area contributed by atoms with Gasteiger partial charge in [0.1, 0.15) is 0 Å². The van der Waals surface area contributed by atoms with Crippen molar-refractivity contribution in [2.45, 2.75) is 6.54 Å². The maximum atomic E-state index is 5.76. The highest BCUT2D eigenvalue weighted by molar-refractivity contribution is 7.36. The number of hydrogen-bond donors (Lipinski definition) is 0. The second-order valence-electron chi connectivity index (χ2n) is 3.56. The van der Waals surface area contributed by atoms with Gasteiger partial charge in [0.25, 0.3) is 7.42 Å². The van der Waals surface area contributed by atoms with Gasteiger partial charge in [-0.15, -0.1) is 22.2 Å². The Kier molecular flexibility index (Phi) is 5.40. The molecule has 0 saturated carbocycles. The molecule has 0 atom stereocenters. The molecule has 0 spiro atoms. The summed E-state index contributed by atoms with van der Waals surface area (Å²) < 4.78 is 0. The molecule has 0 aliphatic rings. The predicted molar refractivity (Wildman–Crippen MR) is 70.3 cm³/mol. The molecular weight excluding hydrogens is 245 g/mol. The fourth-order valence-electron chi connectivity index (χ4n) is 1.33. The fourth-order valence-corrected chi connectivity index (χ4v) is 2.02. The van der Waals surface area contributed by atoms with Crippen LogP contribution in [0.2, 0.25) is 0 Å². The van der Waals surface area contributed by atoms with Gasteiger partial charge in [0.2, 0.25) is 0 Å². The minimum atomic E-state index is -1.33. The highest BCUT2D eigenvalue weighted by atomic mass is 35.7. The van der Waals surface area contributed by atoms with Crippen molar-refractivity contribution in [1.82, 2.24) is 4.90 Å². The second-order valence-corrected chi connectivity index (χ2v) is 7.50. The Hall–Kier alpha value is -0.283. The number of benzene rings is 1. The Bertz CT molecular complexity index is 337. The molecule has 0 N–H and O–H groups in total. The van der Waals surface area contributed by atoms with Crippen molar-refractivity contribution in [3.8, 4) is 0 Å². The van der Waals surface area contributed by atoms with E-state index in [4.69, 9.17) is 22.2 Å². The highest BCUT2D eigenvalue weighted by Crippen LogP contribution is 2.13. The molecule has 4 heteroatoms. The van der Waals surface area contributed by atoms with E-state index in [-0.39, 0.29) is 0 Å². The Labute approximate surface area is 102 Å². The minimum absolute atomic E-state index is 0.924. The van der Waals surface area contributed by atoms with Gasteiger partial charge in [0.05, 0.1) is 0 Å². The summed E-state index contributed by atoms with van der Waals surface area (Å²) in [5.41, 5.74) is 4.35. The first-order valence-electron chi connectivity index (χ1n) is 4.68. The zero-order valence-electron chi connectivity index (χ0n) is 8.87. The molecule has 0 aliphatic heterocycles. The van der Waals surface area contributed by atoms with Gasteiger partial charge in [0.15, 0.2) is 0 Å². The zero-order chi connectivity index (χ0) is 11.3. The number of halogens is 2. The van der Waals surface area contributed by atoms with E-state index >= 15 is 0 Å². The van der Waals surface area contributed by atoms with Crippen LogP contribution < -0.4 is 0 Å². The molecule has 0 aromatic heterocycles. The molecule has 0 unspecified atom stereocenters. The Morgan fingerprint density at radius 3 is 2.53 bits per heavy atom. The van der Waals surface area contributed by atoms with Crippen LogP contribution in [-0.2, 0) is 6.54 Å². The van der Waals surface area contributed by atoms with E-state index in [1.807, 2.05) is 23.9 Å². The second kappa shape index (κ2) is 6.33. The smallest absolute Gasteiger partial charge is 0.299 e. The SMILES string of the molecule is CN(C)Cc1ccccc1/C=C/[Si](Cl)Cl. The van der Waals surface area contributed by atoms with E-state index in [0.717, 1.165) is 6.54 Å². The Morgan fingerprint density at radius 2 is 1.93 bits per heavy atom. The minimum Gasteiger partial charge on any atom is -0.305 e. The monoisotopic (exact) mass is 258 g/mol. The summed E-state index contributed by atoms with van der Waals surface area (Å²) in [6, 6.07) is 8.26. The van der Waals surface area contributed by atoms with Crippen LogP contribution in [0.3, 0.4) is 0 Å². The molecule has 0 aliphatic carbocycles. The van der Waals surface area contributed by atoms with E-state index in [0.29, 0.717) is 0 Å². The average molecular weight is 259 g/mol. The lowest BCUT2D eigenvalue weighted by Crippen LogP contribution is -2.11. The maximum absolute atomic E-state index is 5.76. The van der Waals surface area contributed by atoms with E-state index < -0.39 is 7.42 Å². The van der Waals surface area contributed by atoms with Crippen LogP contribution >= 0.6 is 22.2 Å². The first-order valence-corrected chi connectivity index (χ1v) is 8.28. The van der Waals surface area contributed by atoms with Crippen molar-refractivity contribution in [1.29, 1.82) is 0 Å². The summed E-state index contributed by atoms with van der Waals surface area (Å²) in [6.07, 6.45) is 2.01. The number of hydrogen-bond acceptors (Lipinski definition) is 1. The van der Waals surface area contributed by atoms with Gasteiger partial charge in [-0.25, -0.2) is 0 Å². The normalized spacial score (nSPS) is 11.9. The molecule has 0 heterocycles. The van der Waals surface area contributed by atoms with Gasteiger partial charge in [-0.2, -0.15) is 0 Å². The third-order valence-electron chi connectivity index (χ3n) is 1.93. The first kappa shape index (κ1) is 12.8. The molecule has 0 saturated heterocycles. The lowest BCUT2D eigenvalue weighted by Gasteiger charge is -2.11. The van der Waals surface area contributed by atoms with E-state index in [9.17, 15) is 0 Å². The van der Waals surface area contributed by atoms with Gasteiger partial charge in [-0.05, 0) is 25.2 Å². The third-order valence-corrected chi connectivity index (χ3v) is 3.11. The van der Waals surface area contributed by atoms with E-state index in [1.54, 1.807) is 0 Å². The summed E-state index contributed by atoms with van der Waals surface area (Å²) in [5.74, 6) is 0. The predicted octanol–water partition coefficient (Wildman–Crippen LogP) is 3.27. The van der Waals surface area contributed by atoms with Gasteiger partial charge >= 0.3 is 0 Å². The van der Waals surface area contributed by atoms with E-state index in [2.05, 4.69) is 31.1 Å². The summed E-state index contributed by atoms with van der Waals surface area (Å²) in [4.78, 5) is 2.14. The highest BCUT2D eigenvalue weighted by Gasteiger charge is 2.01. The summed E-state index contributed by atoms with van der Waals surface area (Å²) in [7, 11) is 2.78. The Balaban J connectivity index is 2.86. The van der Waals surface area contributed by atoms with Crippen LogP contribution in [0.15, 0.2) is 30.0 Å². The van der Waals surface area contributed by atoms with Crippen molar-refractivity contribution in [3.05, 3.63) is 41.1 Å². The number of rotatable bonds is 4. The summed E-state index contributed by atoms with van der Waals surface area (Å²) in [6.45, 7) is 0.924. The van der Waals surface area contributed by atoms with Crippen molar-refractivity contribution in [2.75, 3.05) is 14.1 Å². The topological polar surface area (TPSA) is 3.24 Å². The molecule has 1 aromatic rings. The van der Waals surface area contributed by atoms with Crippen LogP contribution in [0.1, 0.15) is 11.1 Å². The molecule has 1 nitrogen and oxygen atoms in total. The lowest BCUT2D eigenvalue weighted by molar-refractivity contribution is 0.402. The molecule has 81 valence electrons. The Morgan fingerprint density at radius 1 is 1.27 bits per heavy atom. The van der Waals surface area contributed by atoms with E-state index in [1.165, 1.54) is 11.1 Å². The first-order chi connectivity index (χ1) is 7.09. The van der Waals surface area contributed by atoms with Crippen molar-refractivity contribution < 1.29 is 0 Å². The number of nitrogens with zero attached hydrogens (tertiary/aromatic N) is 1. The van der Waals surface area contributed by atoms with Crippen LogP contribution in [-0.4, -0.2) is 26.4 Å². The van der Waals surface area contributed by atoms with Crippen LogP contribution in [0.25, 0.3) is 6.08 Å². The maximum Gasteiger partial charge on any atom is 0.299 e. The van der Waals surface area contributed by atoms with Gasteiger partial charge < -0.3 is 4.90 Å². The summed E-state index contributed by atoms with van der Waals surface area (Å²) in [5, 5.41) is 0. The van der Waals surface area contributed by atoms with Gasteiger partial charge in [-0.3, -0.25) is 0 Å². The van der Waals surface area contributed by atoms with Crippen LogP contribution in [0, 0.1) is 0 Å². The van der Waals surface area contributed by atoms with Crippen molar-refractivity contribution in [3.63, 3.8) is 0 Å². The summed E-state index contributed by atoms with van der Waals surface area (Å²) >= 11 is 11.5. The average Bonchev–Trinajstić information content (AvgIpc) is 2.15. The molecule has 15 heavy (non-hydrogen) atoms. The standard InChI is InChI=1S/C11H14Cl2NSi/c1-14(2)9-11-6-4-3-5-10(11)7-8-15(12)13/h3-8H,9H2,1-2H3/b8-7+. The quantitative estimate of drug-likeness (QED) is 0.592.